The summed E-state index contributed by atoms with van der Waals surface area (Å²) in [7, 11) is 1.37. The minimum atomic E-state index is -0.228. The van der Waals surface area contributed by atoms with Gasteiger partial charge in [-0.1, -0.05) is 6.07 Å². The Hall–Kier alpha value is -2.15. The summed E-state index contributed by atoms with van der Waals surface area (Å²) in [5.74, 6) is -0.443. The van der Waals surface area contributed by atoms with E-state index >= 15 is 0 Å². The highest BCUT2D eigenvalue weighted by Crippen LogP contribution is 2.22. The molecule has 0 bridgehead atoms. The lowest BCUT2D eigenvalue weighted by molar-refractivity contribution is -0.140. The highest BCUT2D eigenvalue weighted by molar-refractivity contribution is 7.13. The number of carbonyl (C=O) groups is 2. The first kappa shape index (κ1) is 15.2. The number of thiophene rings is 1. The molecule has 2 aromatic heterocycles. The third-order valence-corrected chi connectivity index (χ3v) is 3.82. The molecule has 112 valence electrons. The van der Waals surface area contributed by atoms with Gasteiger partial charge in [-0.2, -0.15) is 5.10 Å². The van der Waals surface area contributed by atoms with Crippen LogP contribution < -0.4 is 5.32 Å². The Labute approximate surface area is 126 Å². The zero-order chi connectivity index (χ0) is 15.1. The summed E-state index contributed by atoms with van der Waals surface area (Å²) in [6, 6.07) is 5.64. The third-order valence-electron chi connectivity index (χ3n) is 2.92. The number of hydrogen-bond acceptors (Lipinski definition) is 5. The number of aromatic amines is 1. The van der Waals surface area contributed by atoms with E-state index < -0.39 is 0 Å². The van der Waals surface area contributed by atoms with Crippen molar-refractivity contribution in [1.29, 1.82) is 0 Å². The summed E-state index contributed by atoms with van der Waals surface area (Å²) in [6.45, 7) is 0.511. The number of ether oxygens (including phenoxy) is 1. The van der Waals surface area contributed by atoms with Crippen LogP contribution in [0, 0.1) is 0 Å². The van der Waals surface area contributed by atoms with Gasteiger partial charge in [0.2, 0.25) is 0 Å². The maximum Gasteiger partial charge on any atom is 0.305 e. The number of amides is 1. The first-order valence-electron chi connectivity index (χ1n) is 6.65. The molecule has 2 aromatic rings. The van der Waals surface area contributed by atoms with Gasteiger partial charge in [0.05, 0.1) is 17.7 Å². The molecule has 2 rings (SSSR count). The van der Waals surface area contributed by atoms with Crippen molar-refractivity contribution in [2.75, 3.05) is 13.7 Å². The van der Waals surface area contributed by atoms with E-state index in [0.29, 0.717) is 25.1 Å². The van der Waals surface area contributed by atoms with Gasteiger partial charge in [-0.3, -0.25) is 14.7 Å². The fourth-order valence-electron chi connectivity index (χ4n) is 1.78. The molecule has 6 nitrogen and oxygen atoms in total. The maximum atomic E-state index is 11.9. The highest BCUT2D eigenvalue weighted by atomic mass is 32.1. The second-order valence-electron chi connectivity index (χ2n) is 4.43. The number of carbonyl (C=O) groups excluding carboxylic acids is 2. The van der Waals surface area contributed by atoms with Crippen LogP contribution in [0.4, 0.5) is 0 Å². The molecule has 2 heterocycles. The van der Waals surface area contributed by atoms with Gasteiger partial charge in [-0.05, 0) is 30.4 Å². The standard InChI is InChI=1S/C14H17N3O3S/c1-20-13(18)6-2-3-7-15-14(19)11-9-10(16-17-11)12-5-4-8-21-12/h4-5,8-9H,2-3,6-7H2,1H3,(H,15,19)(H,16,17). The van der Waals surface area contributed by atoms with E-state index in [2.05, 4.69) is 20.3 Å². The van der Waals surface area contributed by atoms with Crippen LogP contribution in [0.5, 0.6) is 0 Å². The van der Waals surface area contributed by atoms with Crippen molar-refractivity contribution in [3.8, 4) is 10.6 Å². The molecular weight excluding hydrogens is 290 g/mol. The first-order chi connectivity index (χ1) is 10.2. The van der Waals surface area contributed by atoms with E-state index in [4.69, 9.17) is 0 Å². The normalized spacial score (nSPS) is 10.3. The van der Waals surface area contributed by atoms with Gasteiger partial charge >= 0.3 is 5.97 Å². The van der Waals surface area contributed by atoms with Crippen LogP contribution in [0.15, 0.2) is 23.6 Å². The summed E-state index contributed by atoms with van der Waals surface area (Å²) >= 11 is 1.58. The van der Waals surface area contributed by atoms with Crippen molar-refractivity contribution < 1.29 is 14.3 Å². The number of nitrogens with zero attached hydrogens (tertiary/aromatic N) is 1. The lowest BCUT2D eigenvalue weighted by Gasteiger charge is -2.02. The number of unbranched alkanes of at least 4 members (excludes halogenated alkanes) is 1. The second kappa shape index (κ2) is 7.58. The molecule has 0 atom stereocenters. The molecule has 0 aromatic carbocycles. The Morgan fingerprint density at radius 2 is 2.29 bits per heavy atom. The van der Waals surface area contributed by atoms with Crippen LogP contribution in [-0.4, -0.2) is 35.7 Å². The van der Waals surface area contributed by atoms with Crippen molar-refractivity contribution >= 4 is 23.2 Å². The van der Waals surface area contributed by atoms with Crippen molar-refractivity contribution in [1.82, 2.24) is 15.5 Å². The fraction of sp³-hybridized carbons (Fsp3) is 0.357. The topological polar surface area (TPSA) is 84.1 Å². The van der Waals surface area contributed by atoms with Crippen molar-refractivity contribution in [2.45, 2.75) is 19.3 Å². The lowest BCUT2D eigenvalue weighted by atomic mass is 10.2. The largest absolute Gasteiger partial charge is 0.469 e. The Morgan fingerprint density at radius 1 is 1.43 bits per heavy atom. The van der Waals surface area contributed by atoms with E-state index in [1.54, 1.807) is 17.4 Å². The van der Waals surface area contributed by atoms with E-state index in [-0.39, 0.29) is 11.9 Å². The monoisotopic (exact) mass is 307 g/mol. The smallest absolute Gasteiger partial charge is 0.305 e. The molecule has 0 aliphatic heterocycles. The molecule has 0 unspecified atom stereocenters. The van der Waals surface area contributed by atoms with E-state index in [1.165, 1.54) is 7.11 Å². The summed E-state index contributed by atoms with van der Waals surface area (Å²) in [5.41, 5.74) is 1.20. The summed E-state index contributed by atoms with van der Waals surface area (Å²) in [4.78, 5) is 23.9. The van der Waals surface area contributed by atoms with Crippen molar-refractivity contribution in [2.24, 2.45) is 0 Å². The molecule has 0 radical (unpaired) electrons. The van der Waals surface area contributed by atoms with Crippen LogP contribution in [0.1, 0.15) is 29.8 Å². The van der Waals surface area contributed by atoms with Crippen LogP contribution in [0.3, 0.4) is 0 Å². The fourth-order valence-corrected chi connectivity index (χ4v) is 2.48. The molecule has 0 fully saturated rings. The predicted octanol–water partition coefficient (Wildman–Crippen LogP) is 2.21. The molecule has 7 heteroatoms. The van der Waals surface area contributed by atoms with E-state index in [0.717, 1.165) is 17.0 Å². The zero-order valence-electron chi connectivity index (χ0n) is 11.7. The number of esters is 1. The lowest BCUT2D eigenvalue weighted by Crippen LogP contribution is -2.24. The predicted molar refractivity (Wildman–Crippen MR) is 80.1 cm³/mol. The average Bonchev–Trinajstić information content (AvgIpc) is 3.16. The number of methoxy groups -OCH3 is 1. The molecule has 1 amide bonds. The van der Waals surface area contributed by atoms with Crippen LogP contribution in [0.25, 0.3) is 10.6 Å². The van der Waals surface area contributed by atoms with E-state index in [9.17, 15) is 9.59 Å². The molecule has 21 heavy (non-hydrogen) atoms. The highest BCUT2D eigenvalue weighted by Gasteiger charge is 2.11. The number of H-pyrrole nitrogens is 1. The van der Waals surface area contributed by atoms with Crippen LogP contribution in [0.2, 0.25) is 0 Å². The van der Waals surface area contributed by atoms with Gasteiger partial charge in [0.25, 0.3) is 5.91 Å². The van der Waals surface area contributed by atoms with Gasteiger partial charge < -0.3 is 10.1 Å². The average molecular weight is 307 g/mol. The number of hydrogen-bond donors (Lipinski definition) is 2. The molecular formula is C14H17N3O3S. The molecule has 0 saturated heterocycles. The van der Waals surface area contributed by atoms with Gasteiger partial charge in [-0.15, -0.1) is 11.3 Å². The number of nitrogens with one attached hydrogen (secondary N) is 2. The molecule has 0 spiro atoms. The zero-order valence-corrected chi connectivity index (χ0v) is 12.5. The Kier molecular flexibility index (Phi) is 5.51. The van der Waals surface area contributed by atoms with Crippen molar-refractivity contribution in [3.05, 3.63) is 29.3 Å². The first-order valence-corrected chi connectivity index (χ1v) is 7.53. The van der Waals surface area contributed by atoms with Gasteiger partial charge in [0, 0.05) is 13.0 Å². The van der Waals surface area contributed by atoms with Gasteiger partial charge in [-0.25, -0.2) is 0 Å². The minimum Gasteiger partial charge on any atom is -0.469 e. The minimum absolute atomic E-state index is 0.216. The molecule has 0 saturated carbocycles. The summed E-state index contributed by atoms with van der Waals surface area (Å²) in [6.07, 6.45) is 1.79. The van der Waals surface area contributed by atoms with Crippen LogP contribution in [-0.2, 0) is 9.53 Å². The van der Waals surface area contributed by atoms with Gasteiger partial charge in [0.15, 0.2) is 5.69 Å². The molecule has 0 aliphatic rings. The Balaban J connectivity index is 1.75. The third kappa shape index (κ3) is 4.42. The van der Waals surface area contributed by atoms with Crippen molar-refractivity contribution in [3.63, 3.8) is 0 Å². The second-order valence-corrected chi connectivity index (χ2v) is 5.38. The SMILES string of the molecule is COC(=O)CCCCNC(=O)c1cc(-c2cccs2)[nH]n1. The molecule has 2 N–H and O–H groups in total. The summed E-state index contributed by atoms with van der Waals surface area (Å²) < 4.78 is 4.55. The Bertz CT molecular complexity index is 592. The van der Waals surface area contributed by atoms with Crippen LogP contribution >= 0.6 is 11.3 Å². The molecule has 0 aliphatic carbocycles. The number of rotatable bonds is 7. The maximum absolute atomic E-state index is 11.9. The van der Waals surface area contributed by atoms with Gasteiger partial charge in [0.1, 0.15) is 0 Å². The number of aromatic nitrogens is 2. The summed E-state index contributed by atoms with van der Waals surface area (Å²) in [5, 5.41) is 11.6. The van der Waals surface area contributed by atoms with E-state index in [1.807, 2.05) is 17.5 Å². The quantitative estimate of drug-likeness (QED) is 0.607. The Morgan fingerprint density at radius 3 is 3.00 bits per heavy atom.